The van der Waals surface area contributed by atoms with E-state index in [1.807, 2.05) is 42.9 Å². The van der Waals surface area contributed by atoms with Crippen LogP contribution < -0.4 is 15.8 Å². The highest BCUT2D eigenvalue weighted by molar-refractivity contribution is 5.57. The fraction of sp³-hybridized carbons (Fsp3) is 0.308. The van der Waals surface area contributed by atoms with Crippen molar-refractivity contribution in [2.75, 3.05) is 11.9 Å². The molecule has 3 N–H and O–H groups in total. The van der Waals surface area contributed by atoms with Crippen LogP contribution in [0.2, 0.25) is 0 Å². The van der Waals surface area contributed by atoms with Gasteiger partial charge < -0.3 is 20.4 Å². The summed E-state index contributed by atoms with van der Waals surface area (Å²) in [6.07, 6.45) is 3.64. The minimum atomic E-state index is 0.450. The van der Waals surface area contributed by atoms with Crippen molar-refractivity contribution >= 4 is 11.6 Å². The molecular weight excluding hydrogens is 228 g/mol. The molecule has 18 heavy (non-hydrogen) atoms. The van der Waals surface area contributed by atoms with E-state index in [4.69, 9.17) is 10.5 Å². The van der Waals surface area contributed by atoms with Gasteiger partial charge in [-0.25, -0.2) is 4.98 Å². The Morgan fingerprint density at radius 2 is 2.28 bits per heavy atom. The molecule has 0 atom stereocenters. The number of nitrogens with zero attached hydrogens (tertiary/aromatic N) is 2. The van der Waals surface area contributed by atoms with Crippen LogP contribution in [0.25, 0.3) is 0 Å². The quantitative estimate of drug-likeness (QED) is 0.847. The van der Waals surface area contributed by atoms with Crippen molar-refractivity contribution in [2.45, 2.75) is 13.5 Å². The minimum Gasteiger partial charge on any atom is -0.494 e. The molecular formula is C13H18N4O. The monoisotopic (exact) mass is 246 g/mol. The molecule has 0 unspecified atom stereocenters. The predicted octanol–water partition coefficient (Wildman–Crippen LogP) is 2.02. The van der Waals surface area contributed by atoms with Crippen molar-refractivity contribution in [3.63, 3.8) is 0 Å². The predicted molar refractivity (Wildman–Crippen MR) is 72.0 cm³/mol. The molecule has 1 heterocycles. The molecule has 0 aliphatic carbocycles. The van der Waals surface area contributed by atoms with Crippen LogP contribution in [0.3, 0.4) is 0 Å². The number of rotatable bonds is 5. The standard InChI is InChI=1S/C13H18N4O/c1-3-18-12-5-4-11(8-10(12)9-14)16-13-15-6-7-17(13)2/h4-8H,3,9,14H2,1-2H3,(H,15,16). The van der Waals surface area contributed by atoms with E-state index in [9.17, 15) is 0 Å². The largest absolute Gasteiger partial charge is 0.494 e. The summed E-state index contributed by atoms with van der Waals surface area (Å²) in [5, 5.41) is 3.24. The molecule has 2 aromatic rings. The highest BCUT2D eigenvalue weighted by Crippen LogP contribution is 2.24. The van der Waals surface area contributed by atoms with E-state index in [1.165, 1.54) is 0 Å². The summed E-state index contributed by atoms with van der Waals surface area (Å²) in [5.74, 6) is 1.63. The van der Waals surface area contributed by atoms with Crippen molar-refractivity contribution in [3.05, 3.63) is 36.2 Å². The van der Waals surface area contributed by atoms with Gasteiger partial charge in [0.2, 0.25) is 5.95 Å². The Morgan fingerprint density at radius 3 is 2.89 bits per heavy atom. The first-order valence-corrected chi connectivity index (χ1v) is 5.94. The van der Waals surface area contributed by atoms with Gasteiger partial charge in [-0.3, -0.25) is 0 Å². The lowest BCUT2D eigenvalue weighted by Crippen LogP contribution is -2.04. The molecule has 0 radical (unpaired) electrons. The lowest BCUT2D eigenvalue weighted by molar-refractivity contribution is 0.336. The summed E-state index contributed by atoms with van der Waals surface area (Å²) < 4.78 is 7.43. The van der Waals surface area contributed by atoms with Crippen molar-refractivity contribution in [1.29, 1.82) is 0 Å². The van der Waals surface area contributed by atoms with E-state index < -0.39 is 0 Å². The molecule has 0 aliphatic rings. The second-order valence-electron chi connectivity index (χ2n) is 3.95. The molecule has 0 saturated heterocycles. The first-order chi connectivity index (χ1) is 8.74. The summed E-state index contributed by atoms with van der Waals surface area (Å²) in [5.41, 5.74) is 7.66. The number of nitrogens with one attached hydrogen (secondary N) is 1. The van der Waals surface area contributed by atoms with Gasteiger partial charge in [-0.05, 0) is 25.1 Å². The van der Waals surface area contributed by atoms with Gasteiger partial charge in [0, 0.05) is 37.2 Å². The van der Waals surface area contributed by atoms with Crippen molar-refractivity contribution in [1.82, 2.24) is 9.55 Å². The molecule has 5 nitrogen and oxygen atoms in total. The van der Waals surface area contributed by atoms with Crippen LogP contribution in [0.15, 0.2) is 30.6 Å². The molecule has 2 rings (SSSR count). The van der Waals surface area contributed by atoms with Gasteiger partial charge in [0.05, 0.1) is 6.61 Å². The average molecular weight is 246 g/mol. The smallest absolute Gasteiger partial charge is 0.207 e. The number of anilines is 2. The maximum atomic E-state index is 5.72. The molecule has 0 bridgehead atoms. The van der Waals surface area contributed by atoms with E-state index in [-0.39, 0.29) is 0 Å². The van der Waals surface area contributed by atoms with Gasteiger partial charge in [0.25, 0.3) is 0 Å². The number of aromatic nitrogens is 2. The average Bonchev–Trinajstić information content (AvgIpc) is 2.77. The Morgan fingerprint density at radius 1 is 1.44 bits per heavy atom. The van der Waals surface area contributed by atoms with Crippen LogP contribution in [0.5, 0.6) is 5.75 Å². The number of nitrogens with two attached hydrogens (primary N) is 1. The van der Waals surface area contributed by atoms with Gasteiger partial charge in [-0.1, -0.05) is 0 Å². The van der Waals surface area contributed by atoms with Crippen LogP contribution in [-0.2, 0) is 13.6 Å². The molecule has 96 valence electrons. The summed E-state index contributed by atoms with van der Waals surface area (Å²) >= 11 is 0. The number of aryl methyl sites for hydroxylation is 1. The number of hydrogen-bond acceptors (Lipinski definition) is 4. The Kier molecular flexibility index (Phi) is 3.84. The first kappa shape index (κ1) is 12.4. The van der Waals surface area contributed by atoms with Gasteiger partial charge in [-0.15, -0.1) is 0 Å². The van der Waals surface area contributed by atoms with Gasteiger partial charge >= 0.3 is 0 Å². The Balaban J connectivity index is 2.22. The normalized spacial score (nSPS) is 10.4. The Bertz CT molecular complexity index is 521. The zero-order valence-electron chi connectivity index (χ0n) is 10.7. The second kappa shape index (κ2) is 5.55. The van der Waals surface area contributed by atoms with Gasteiger partial charge in [0.1, 0.15) is 5.75 Å². The highest BCUT2D eigenvalue weighted by atomic mass is 16.5. The summed E-state index contributed by atoms with van der Waals surface area (Å²) in [6, 6.07) is 5.87. The molecule has 0 fully saturated rings. The van der Waals surface area contributed by atoms with Crippen LogP contribution in [0.4, 0.5) is 11.6 Å². The Hall–Kier alpha value is -2.01. The van der Waals surface area contributed by atoms with Crippen LogP contribution in [0, 0.1) is 0 Å². The van der Waals surface area contributed by atoms with E-state index in [0.717, 1.165) is 22.9 Å². The lowest BCUT2D eigenvalue weighted by Gasteiger charge is -2.12. The number of hydrogen-bond donors (Lipinski definition) is 2. The third-order valence-corrected chi connectivity index (χ3v) is 2.66. The third-order valence-electron chi connectivity index (χ3n) is 2.66. The van der Waals surface area contributed by atoms with E-state index in [2.05, 4.69) is 10.3 Å². The molecule has 5 heteroatoms. The van der Waals surface area contributed by atoms with Gasteiger partial charge in [0.15, 0.2) is 0 Å². The Labute approximate surface area is 107 Å². The number of imidazole rings is 1. The van der Waals surface area contributed by atoms with E-state index >= 15 is 0 Å². The fourth-order valence-corrected chi connectivity index (χ4v) is 1.73. The van der Waals surface area contributed by atoms with E-state index in [1.54, 1.807) is 6.20 Å². The summed E-state index contributed by atoms with van der Waals surface area (Å²) in [6.45, 7) is 3.05. The second-order valence-corrected chi connectivity index (χ2v) is 3.95. The van der Waals surface area contributed by atoms with Crippen molar-refractivity contribution in [2.24, 2.45) is 12.8 Å². The highest BCUT2D eigenvalue weighted by Gasteiger charge is 2.05. The topological polar surface area (TPSA) is 65.1 Å². The molecule has 1 aromatic carbocycles. The lowest BCUT2D eigenvalue weighted by atomic mass is 10.2. The number of ether oxygens (including phenoxy) is 1. The van der Waals surface area contributed by atoms with Crippen molar-refractivity contribution < 1.29 is 4.74 Å². The maximum Gasteiger partial charge on any atom is 0.207 e. The fourth-order valence-electron chi connectivity index (χ4n) is 1.73. The van der Waals surface area contributed by atoms with Crippen LogP contribution in [0.1, 0.15) is 12.5 Å². The summed E-state index contributed by atoms with van der Waals surface area (Å²) in [7, 11) is 1.94. The van der Waals surface area contributed by atoms with E-state index in [0.29, 0.717) is 13.2 Å². The van der Waals surface area contributed by atoms with Crippen molar-refractivity contribution in [3.8, 4) is 5.75 Å². The molecule has 0 spiro atoms. The number of benzene rings is 1. The first-order valence-electron chi connectivity index (χ1n) is 5.94. The SMILES string of the molecule is CCOc1ccc(Nc2nccn2C)cc1CN. The van der Waals surface area contributed by atoms with Crippen LogP contribution in [-0.4, -0.2) is 16.2 Å². The van der Waals surface area contributed by atoms with Crippen LogP contribution >= 0.6 is 0 Å². The zero-order valence-corrected chi connectivity index (χ0v) is 10.7. The minimum absolute atomic E-state index is 0.450. The molecule has 0 aliphatic heterocycles. The van der Waals surface area contributed by atoms with Gasteiger partial charge in [-0.2, -0.15) is 0 Å². The zero-order chi connectivity index (χ0) is 13.0. The molecule has 1 aromatic heterocycles. The maximum absolute atomic E-state index is 5.72. The molecule has 0 saturated carbocycles. The summed E-state index contributed by atoms with van der Waals surface area (Å²) in [4.78, 5) is 4.21. The third kappa shape index (κ3) is 2.62. The molecule has 0 amide bonds.